The molecule has 0 heterocycles. The monoisotopic (exact) mass is 305 g/mol. The molecule has 0 saturated heterocycles. The Bertz CT molecular complexity index is 690. The van der Waals surface area contributed by atoms with Crippen molar-refractivity contribution in [3.05, 3.63) is 77.9 Å². The fourth-order valence-corrected chi connectivity index (χ4v) is 3.25. The van der Waals surface area contributed by atoms with Crippen LogP contribution in [0.3, 0.4) is 0 Å². The standard InChI is InChI=1S/C21H23NO/c1-16(17-8-3-2-4-9-17)14-15-21(23)22-20-13-7-11-18-10-5-6-12-19(18)20/h2-6,8-10,12,20H,1,7,11,13-15H2,(H,22,23)/t20-/m1/s1. The van der Waals surface area contributed by atoms with Gasteiger partial charge in [-0.05, 0) is 47.9 Å². The average Bonchev–Trinajstić information content (AvgIpc) is 2.61. The van der Waals surface area contributed by atoms with Gasteiger partial charge >= 0.3 is 0 Å². The first-order valence-corrected chi connectivity index (χ1v) is 8.34. The van der Waals surface area contributed by atoms with Crippen molar-refractivity contribution in [2.24, 2.45) is 0 Å². The fourth-order valence-electron chi connectivity index (χ4n) is 3.25. The summed E-state index contributed by atoms with van der Waals surface area (Å²) in [5.41, 5.74) is 4.79. The number of hydrogen-bond donors (Lipinski definition) is 1. The molecule has 0 radical (unpaired) electrons. The van der Waals surface area contributed by atoms with Gasteiger partial charge in [-0.1, -0.05) is 61.2 Å². The van der Waals surface area contributed by atoms with Crippen LogP contribution >= 0.6 is 0 Å². The summed E-state index contributed by atoms with van der Waals surface area (Å²) < 4.78 is 0. The third-order valence-corrected chi connectivity index (χ3v) is 4.54. The summed E-state index contributed by atoms with van der Waals surface area (Å²) in [5, 5.41) is 3.20. The zero-order chi connectivity index (χ0) is 16.1. The van der Waals surface area contributed by atoms with E-state index < -0.39 is 0 Å². The van der Waals surface area contributed by atoms with Crippen LogP contribution in [0.5, 0.6) is 0 Å². The normalized spacial score (nSPS) is 16.4. The van der Waals surface area contributed by atoms with Gasteiger partial charge in [-0.3, -0.25) is 4.79 Å². The van der Waals surface area contributed by atoms with E-state index in [2.05, 4.69) is 36.2 Å². The molecule has 0 aromatic heterocycles. The summed E-state index contributed by atoms with van der Waals surface area (Å²) >= 11 is 0. The molecule has 3 rings (SSSR count). The van der Waals surface area contributed by atoms with Crippen molar-refractivity contribution in [2.75, 3.05) is 0 Å². The Morgan fingerprint density at radius 2 is 1.78 bits per heavy atom. The molecule has 1 aliphatic rings. The van der Waals surface area contributed by atoms with Crippen LogP contribution in [0.4, 0.5) is 0 Å². The molecule has 118 valence electrons. The molecule has 0 spiro atoms. The molecule has 1 amide bonds. The number of allylic oxidation sites excluding steroid dienone is 1. The molecule has 2 aromatic carbocycles. The molecule has 1 N–H and O–H groups in total. The van der Waals surface area contributed by atoms with Crippen LogP contribution < -0.4 is 5.32 Å². The molecular formula is C21H23NO. The van der Waals surface area contributed by atoms with Crippen LogP contribution in [0.15, 0.2) is 61.2 Å². The Hall–Kier alpha value is -2.35. The maximum atomic E-state index is 12.3. The minimum absolute atomic E-state index is 0.115. The lowest BCUT2D eigenvalue weighted by molar-refractivity contribution is -0.121. The summed E-state index contributed by atoms with van der Waals surface area (Å²) in [4.78, 5) is 12.3. The minimum Gasteiger partial charge on any atom is -0.349 e. The van der Waals surface area contributed by atoms with Crippen LogP contribution in [0.1, 0.15) is 48.4 Å². The second-order valence-corrected chi connectivity index (χ2v) is 6.18. The van der Waals surface area contributed by atoms with Gasteiger partial charge in [0.1, 0.15) is 0 Å². The highest BCUT2D eigenvalue weighted by Gasteiger charge is 2.21. The summed E-state index contributed by atoms with van der Waals surface area (Å²) in [5.74, 6) is 0.115. The number of fused-ring (bicyclic) bond motifs is 1. The highest BCUT2D eigenvalue weighted by atomic mass is 16.1. The number of hydrogen-bond acceptors (Lipinski definition) is 1. The number of carbonyl (C=O) groups excluding carboxylic acids is 1. The van der Waals surface area contributed by atoms with Crippen molar-refractivity contribution in [3.63, 3.8) is 0 Å². The Kier molecular flexibility index (Phi) is 4.92. The molecule has 0 fully saturated rings. The SMILES string of the molecule is C=C(CCC(=O)N[C@@H]1CCCc2ccccc21)c1ccccc1. The molecule has 0 unspecified atom stereocenters. The molecule has 2 aromatic rings. The van der Waals surface area contributed by atoms with E-state index in [1.54, 1.807) is 0 Å². The van der Waals surface area contributed by atoms with Crippen LogP contribution in [0.25, 0.3) is 5.57 Å². The van der Waals surface area contributed by atoms with Gasteiger partial charge in [-0.15, -0.1) is 0 Å². The van der Waals surface area contributed by atoms with Gasteiger partial charge in [-0.25, -0.2) is 0 Å². The average molecular weight is 305 g/mol. The zero-order valence-electron chi connectivity index (χ0n) is 13.4. The lowest BCUT2D eigenvalue weighted by atomic mass is 9.87. The lowest BCUT2D eigenvalue weighted by Crippen LogP contribution is -2.30. The van der Waals surface area contributed by atoms with Gasteiger partial charge in [0.25, 0.3) is 0 Å². The van der Waals surface area contributed by atoms with Crippen LogP contribution in [-0.4, -0.2) is 5.91 Å². The van der Waals surface area contributed by atoms with Gasteiger partial charge in [-0.2, -0.15) is 0 Å². The number of amides is 1. The Morgan fingerprint density at radius 1 is 1.04 bits per heavy atom. The predicted molar refractivity (Wildman–Crippen MR) is 95.0 cm³/mol. The molecular weight excluding hydrogens is 282 g/mol. The quantitative estimate of drug-likeness (QED) is 0.854. The van der Waals surface area contributed by atoms with Crippen molar-refractivity contribution >= 4 is 11.5 Å². The second kappa shape index (κ2) is 7.28. The van der Waals surface area contributed by atoms with E-state index in [4.69, 9.17) is 0 Å². The molecule has 0 saturated carbocycles. The molecule has 2 heteroatoms. The third-order valence-electron chi connectivity index (χ3n) is 4.54. The first kappa shape index (κ1) is 15.5. The minimum atomic E-state index is 0.115. The molecule has 1 atom stereocenters. The number of rotatable bonds is 5. The topological polar surface area (TPSA) is 29.1 Å². The van der Waals surface area contributed by atoms with Crippen LogP contribution in [-0.2, 0) is 11.2 Å². The van der Waals surface area contributed by atoms with E-state index in [1.807, 2.05) is 30.3 Å². The van der Waals surface area contributed by atoms with Crippen molar-refractivity contribution in [1.82, 2.24) is 5.32 Å². The van der Waals surface area contributed by atoms with Crippen molar-refractivity contribution in [3.8, 4) is 0 Å². The molecule has 23 heavy (non-hydrogen) atoms. The van der Waals surface area contributed by atoms with E-state index in [0.717, 1.165) is 30.4 Å². The maximum Gasteiger partial charge on any atom is 0.220 e. The van der Waals surface area contributed by atoms with Crippen molar-refractivity contribution < 1.29 is 4.79 Å². The van der Waals surface area contributed by atoms with E-state index in [1.165, 1.54) is 11.1 Å². The van der Waals surface area contributed by atoms with E-state index in [9.17, 15) is 4.79 Å². The Balaban J connectivity index is 1.55. The van der Waals surface area contributed by atoms with E-state index >= 15 is 0 Å². The number of benzene rings is 2. The smallest absolute Gasteiger partial charge is 0.220 e. The first-order chi connectivity index (χ1) is 11.2. The van der Waals surface area contributed by atoms with Crippen molar-refractivity contribution in [1.29, 1.82) is 0 Å². The van der Waals surface area contributed by atoms with Gasteiger partial charge < -0.3 is 5.32 Å². The Labute approximate surface area is 138 Å². The van der Waals surface area contributed by atoms with Gasteiger partial charge in [0.05, 0.1) is 6.04 Å². The second-order valence-electron chi connectivity index (χ2n) is 6.18. The molecule has 0 aliphatic heterocycles. The summed E-state index contributed by atoms with van der Waals surface area (Å²) in [6.07, 6.45) is 4.48. The summed E-state index contributed by atoms with van der Waals surface area (Å²) in [7, 11) is 0. The number of nitrogens with one attached hydrogen (secondary N) is 1. The maximum absolute atomic E-state index is 12.3. The predicted octanol–water partition coefficient (Wildman–Crippen LogP) is 4.67. The summed E-state index contributed by atoms with van der Waals surface area (Å²) in [6, 6.07) is 18.7. The van der Waals surface area contributed by atoms with Crippen LogP contribution in [0, 0.1) is 0 Å². The summed E-state index contributed by atoms with van der Waals surface area (Å²) in [6.45, 7) is 4.10. The zero-order valence-corrected chi connectivity index (χ0v) is 13.4. The van der Waals surface area contributed by atoms with Gasteiger partial charge in [0.2, 0.25) is 5.91 Å². The van der Waals surface area contributed by atoms with E-state index in [0.29, 0.717) is 12.8 Å². The third kappa shape index (κ3) is 3.89. The highest BCUT2D eigenvalue weighted by Crippen LogP contribution is 2.29. The van der Waals surface area contributed by atoms with Crippen molar-refractivity contribution in [2.45, 2.75) is 38.1 Å². The molecule has 2 nitrogen and oxygen atoms in total. The number of aryl methyl sites for hydroxylation is 1. The fraction of sp³-hybridized carbons (Fsp3) is 0.286. The lowest BCUT2D eigenvalue weighted by Gasteiger charge is -2.26. The first-order valence-electron chi connectivity index (χ1n) is 8.34. The molecule has 1 aliphatic carbocycles. The largest absolute Gasteiger partial charge is 0.349 e. The highest BCUT2D eigenvalue weighted by molar-refractivity contribution is 5.79. The van der Waals surface area contributed by atoms with Gasteiger partial charge in [0.15, 0.2) is 0 Å². The van der Waals surface area contributed by atoms with Gasteiger partial charge in [0, 0.05) is 6.42 Å². The number of carbonyl (C=O) groups is 1. The Morgan fingerprint density at radius 3 is 2.61 bits per heavy atom. The molecule has 0 bridgehead atoms. The van der Waals surface area contributed by atoms with Crippen LogP contribution in [0.2, 0.25) is 0 Å². The van der Waals surface area contributed by atoms with E-state index in [-0.39, 0.29) is 11.9 Å².